The molecule has 0 saturated carbocycles. The van der Waals surface area contributed by atoms with Crippen LogP contribution in [0.1, 0.15) is 52.9 Å². The van der Waals surface area contributed by atoms with Crippen LogP contribution in [0, 0.1) is 0 Å². The van der Waals surface area contributed by atoms with Crippen LogP contribution in [-0.2, 0) is 17.9 Å². The van der Waals surface area contributed by atoms with Gasteiger partial charge in [0.15, 0.2) is 0 Å². The van der Waals surface area contributed by atoms with E-state index >= 15 is 0 Å². The fourth-order valence-electron chi connectivity index (χ4n) is 7.06. The average molecular weight is 748 g/mol. The molecule has 12 heteroatoms. The van der Waals surface area contributed by atoms with Crippen molar-refractivity contribution < 1.29 is 23.8 Å². The molecule has 2 aliphatic rings. The fourth-order valence-corrected chi connectivity index (χ4v) is 7.06. The maximum absolute atomic E-state index is 13.6. The van der Waals surface area contributed by atoms with Crippen LogP contribution >= 0.6 is 0 Å². The lowest BCUT2D eigenvalue weighted by Gasteiger charge is -2.28. The highest BCUT2D eigenvalue weighted by Gasteiger charge is 2.27. The number of pyridine rings is 3. The van der Waals surface area contributed by atoms with Gasteiger partial charge in [0.2, 0.25) is 5.91 Å². The van der Waals surface area contributed by atoms with Gasteiger partial charge in [-0.05, 0) is 85.1 Å². The van der Waals surface area contributed by atoms with E-state index in [1.165, 1.54) is 0 Å². The molecule has 3 aromatic heterocycles. The van der Waals surface area contributed by atoms with Gasteiger partial charge >= 0.3 is 0 Å². The van der Waals surface area contributed by atoms with Crippen LogP contribution in [0.15, 0.2) is 116 Å². The van der Waals surface area contributed by atoms with Gasteiger partial charge in [0, 0.05) is 72.5 Å². The third-order valence-corrected chi connectivity index (χ3v) is 9.98. The summed E-state index contributed by atoms with van der Waals surface area (Å²) in [6.07, 6.45) is 7.96. The summed E-state index contributed by atoms with van der Waals surface area (Å²) in [7, 11) is 3.29. The van der Waals surface area contributed by atoms with Crippen LogP contribution in [0.3, 0.4) is 0 Å². The highest BCUT2D eigenvalue weighted by atomic mass is 16.5. The lowest BCUT2D eigenvalue weighted by atomic mass is 9.94. The van der Waals surface area contributed by atoms with Crippen molar-refractivity contribution in [3.63, 3.8) is 0 Å². The first-order valence-electron chi connectivity index (χ1n) is 18.4. The molecule has 1 fully saturated rings. The van der Waals surface area contributed by atoms with Gasteiger partial charge in [0.25, 0.3) is 5.91 Å². The number of hydrogen-bond donors (Lipinski definition) is 2. The standard InChI is InChI=1S/C44H41N7O5/c1-28-38-22-41(47-25-39(38)37-15-10-34(21-40(37)56-28)51-18-4-5-43(51)52)48-32-20-33(24-45-23-32)49-44(53)31-16-17-46-42(19-31)50(26-29-6-11-35(54-2)12-7-29)27-30-8-13-36(55-3)14-9-30/h6-17,19-25,28H,4-5,18,26-27H2,1-3H3,(H,47,48)(H,49,53). The summed E-state index contributed by atoms with van der Waals surface area (Å²) in [5.41, 5.74) is 7.51. The van der Waals surface area contributed by atoms with E-state index in [9.17, 15) is 9.59 Å². The van der Waals surface area contributed by atoms with Gasteiger partial charge in [-0.15, -0.1) is 0 Å². The minimum Gasteiger partial charge on any atom is -0.497 e. The second kappa shape index (κ2) is 15.8. The van der Waals surface area contributed by atoms with Gasteiger partial charge in [0.05, 0.1) is 38.0 Å². The summed E-state index contributed by atoms with van der Waals surface area (Å²) < 4.78 is 17.0. The minimum atomic E-state index is -0.296. The van der Waals surface area contributed by atoms with Gasteiger partial charge in [-0.25, -0.2) is 9.97 Å². The third-order valence-electron chi connectivity index (χ3n) is 9.98. The quantitative estimate of drug-likeness (QED) is 0.126. The normalized spacial score (nSPS) is 14.3. The Morgan fingerprint density at radius 2 is 1.55 bits per heavy atom. The number of nitrogens with one attached hydrogen (secondary N) is 2. The first-order chi connectivity index (χ1) is 27.3. The Hall–Kier alpha value is -6.95. The number of ether oxygens (including phenoxy) is 3. The van der Waals surface area contributed by atoms with E-state index in [1.807, 2.05) is 96.9 Å². The van der Waals surface area contributed by atoms with Crippen molar-refractivity contribution in [1.29, 1.82) is 0 Å². The van der Waals surface area contributed by atoms with Crippen molar-refractivity contribution >= 4 is 40.5 Å². The number of hydrogen-bond acceptors (Lipinski definition) is 10. The number of amides is 2. The van der Waals surface area contributed by atoms with Crippen LogP contribution in [0.2, 0.25) is 0 Å². The van der Waals surface area contributed by atoms with E-state index in [0.29, 0.717) is 48.1 Å². The zero-order chi connectivity index (χ0) is 38.6. The maximum atomic E-state index is 13.6. The smallest absolute Gasteiger partial charge is 0.255 e. The Kier molecular flexibility index (Phi) is 10.2. The molecule has 1 saturated heterocycles. The molecule has 3 aromatic carbocycles. The molecule has 2 N–H and O–H groups in total. The lowest BCUT2D eigenvalue weighted by Crippen LogP contribution is -2.24. The molecule has 1 unspecified atom stereocenters. The number of carbonyl (C=O) groups excluding carboxylic acids is 2. The largest absolute Gasteiger partial charge is 0.497 e. The van der Waals surface area contributed by atoms with E-state index < -0.39 is 0 Å². The summed E-state index contributed by atoms with van der Waals surface area (Å²) in [6.45, 7) is 3.84. The van der Waals surface area contributed by atoms with E-state index in [-0.39, 0.29) is 17.9 Å². The highest BCUT2D eigenvalue weighted by molar-refractivity contribution is 6.04. The molecule has 2 aliphatic heterocycles. The molecule has 0 radical (unpaired) electrons. The molecule has 5 heterocycles. The predicted molar refractivity (Wildman–Crippen MR) is 216 cm³/mol. The number of anilines is 5. The Labute approximate surface area is 325 Å². The Morgan fingerprint density at radius 3 is 2.23 bits per heavy atom. The molecule has 0 spiro atoms. The van der Waals surface area contributed by atoms with Crippen molar-refractivity contribution in [2.75, 3.05) is 41.2 Å². The van der Waals surface area contributed by atoms with E-state index in [0.717, 1.165) is 63.7 Å². The number of carbonyl (C=O) groups is 2. The van der Waals surface area contributed by atoms with Gasteiger partial charge < -0.3 is 34.6 Å². The lowest BCUT2D eigenvalue weighted by molar-refractivity contribution is -0.117. The number of rotatable bonds is 12. The van der Waals surface area contributed by atoms with Crippen molar-refractivity contribution in [1.82, 2.24) is 15.0 Å². The second-order valence-corrected chi connectivity index (χ2v) is 13.7. The molecule has 1 atom stereocenters. The molecule has 8 rings (SSSR count). The second-order valence-electron chi connectivity index (χ2n) is 13.7. The fraction of sp³-hybridized carbons (Fsp3) is 0.205. The van der Waals surface area contributed by atoms with Crippen molar-refractivity contribution in [2.45, 2.75) is 39.0 Å². The topological polar surface area (TPSA) is 131 Å². The van der Waals surface area contributed by atoms with Gasteiger partial charge in [-0.2, -0.15) is 0 Å². The minimum absolute atomic E-state index is 0.140. The number of benzene rings is 3. The molecular weight excluding hydrogens is 707 g/mol. The number of nitrogens with zero attached hydrogens (tertiary/aromatic N) is 5. The predicted octanol–water partition coefficient (Wildman–Crippen LogP) is 8.34. The average Bonchev–Trinajstić information content (AvgIpc) is 3.66. The zero-order valence-electron chi connectivity index (χ0n) is 31.4. The molecular formula is C44H41N7O5. The first kappa shape index (κ1) is 36.0. The zero-order valence-corrected chi connectivity index (χ0v) is 31.4. The SMILES string of the molecule is COc1ccc(CN(Cc2ccc(OC)cc2)c2cc(C(=O)Nc3cncc(Nc4cc5c(cn4)-c4ccc(N6CCCC6=O)cc4OC5C)c3)ccn2)cc1. The summed E-state index contributed by atoms with van der Waals surface area (Å²) in [5, 5.41) is 6.32. The monoisotopic (exact) mass is 747 g/mol. The van der Waals surface area contributed by atoms with Gasteiger partial charge in [0.1, 0.15) is 35.0 Å². The molecule has 0 bridgehead atoms. The maximum Gasteiger partial charge on any atom is 0.255 e. The van der Waals surface area contributed by atoms with Crippen molar-refractivity contribution in [3.05, 3.63) is 138 Å². The third kappa shape index (κ3) is 7.81. The molecule has 6 aromatic rings. The molecule has 2 amide bonds. The van der Waals surface area contributed by atoms with Crippen LogP contribution in [0.25, 0.3) is 11.1 Å². The number of aromatic nitrogens is 3. The summed E-state index contributed by atoms with van der Waals surface area (Å²) >= 11 is 0. The van der Waals surface area contributed by atoms with Crippen LogP contribution in [0.4, 0.5) is 28.7 Å². The molecule has 56 heavy (non-hydrogen) atoms. The van der Waals surface area contributed by atoms with Gasteiger partial charge in [-0.3, -0.25) is 14.6 Å². The molecule has 282 valence electrons. The Morgan fingerprint density at radius 1 is 0.839 bits per heavy atom. The van der Waals surface area contributed by atoms with E-state index in [1.54, 1.807) is 44.9 Å². The highest BCUT2D eigenvalue weighted by Crippen LogP contribution is 2.44. The first-order valence-corrected chi connectivity index (χ1v) is 18.4. The molecule has 12 nitrogen and oxygen atoms in total. The van der Waals surface area contributed by atoms with Crippen LogP contribution in [-0.4, -0.2) is 47.5 Å². The number of methoxy groups -OCH3 is 2. The molecule has 0 aliphatic carbocycles. The summed E-state index contributed by atoms with van der Waals surface area (Å²) in [5.74, 6) is 3.40. The van der Waals surface area contributed by atoms with Crippen LogP contribution in [0.5, 0.6) is 17.2 Å². The van der Waals surface area contributed by atoms with Crippen molar-refractivity contribution in [2.24, 2.45) is 0 Å². The number of fused-ring (bicyclic) bond motifs is 3. The van der Waals surface area contributed by atoms with E-state index in [4.69, 9.17) is 19.2 Å². The Bertz CT molecular complexity index is 2340. The summed E-state index contributed by atoms with van der Waals surface area (Å²) in [4.78, 5) is 43.7. The van der Waals surface area contributed by atoms with Crippen LogP contribution < -0.4 is 34.6 Å². The van der Waals surface area contributed by atoms with E-state index in [2.05, 4.69) is 25.5 Å². The Balaban J connectivity index is 0.973. The summed E-state index contributed by atoms with van der Waals surface area (Å²) in [6, 6.07) is 29.0. The van der Waals surface area contributed by atoms with Gasteiger partial charge in [-0.1, -0.05) is 24.3 Å². The van der Waals surface area contributed by atoms with Crippen molar-refractivity contribution in [3.8, 4) is 28.4 Å².